The summed E-state index contributed by atoms with van der Waals surface area (Å²) in [5.41, 5.74) is 4.21. The average Bonchev–Trinajstić information content (AvgIpc) is 2.97. The Morgan fingerprint density at radius 3 is 2.42 bits per heavy atom. The third kappa shape index (κ3) is 2.85. The molecule has 1 aliphatic rings. The molecule has 0 spiro atoms. The van der Waals surface area contributed by atoms with Gasteiger partial charge in [-0.1, -0.05) is 30.3 Å². The van der Waals surface area contributed by atoms with E-state index in [2.05, 4.69) is 45.0 Å². The number of ether oxygens (including phenoxy) is 2. The fourth-order valence-electron chi connectivity index (χ4n) is 3.78. The molecule has 26 heavy (non-hydrogen) atoms. The predicted molar refractivity (Wildman–Crippen MR) is 102 cm³/mol. The zero-order chi connectivity index (χ0) is 18.3. The van der Waals surface area contributed by atoms with E-state index in [1.807, 2.05) is 35.0 Å². The maximum absolute atomic E-state index is 6.40. The number of hydrogen-bond acceptors (Lipinski definition) is 3. The van der Waals surface area contributed by atoms with Gasteiger partial charge in [-0.25, -0.2) is 4.68 Å². The first-order valence-electron chi connectivity index (χ1n) is 8.96. The molecule has 0 bridgehead atoms. The second-order valence-electron chi connectivity index (χ2n) is 7.44. The van der Waals surface area contributed by atoms with Crippen molar-refractivity contribution in [3.05, 3.63) is 71.4 Å². The summed E-state index contributed by atoms with van der Waals surface area (Å²) < 4.78 is 13.6. The standard InChI is InChI=1S/C22H24N2O2/c1-15-20-19(16-10-12-18(25-4)13-11-16)14-22(2,3)26-21(20)24(23-15)17-8-6-5-7-9-17/h5-13,19H,14H2,1-4H3. The predicted octanol–water partition coefficient (Wildman–Crippen LogP) is 4.88. The monoisotopic (exact) mass is 348 g/mol. The molecule has 134 valence electrons. The van der Waals surface area contributed by atoms with Crippen molar-refractivity contribution in [3.8, 4) is 17.3 Å². The van der Waals surface area contributed by atoms with E-state index >= 15 is 0 Å². The lowest BCUT2D eigenvalue weighted by Gasteiger charge is -2.36. The normalized spacial score (nSPS) is 18.1. The van der Waals surface area contributed by atoms with E-state index in [-0.39, 0.29) is 11.5 Å². The summed E-state index contributed by atoms with van der Waals surface area (Å²) in [6.07, 6.45) is 0.910. The summed E-state index contributed by atoms with van der Waals surface area (Å²) >= 11 is 0. The first-order chi connectivity index (χ1) is 12.5. The van der Waals surface area contributed by atoms with Crippen molar-refractivity contribution in [2.75, 3.05) is 7.11 Å². The molecule has 4 heteroatoms. The number of benzene rings is 2. The largest absolute Gasteiger partial charge is 0.497 e. The minimum Gasteiger partial charge on any atom is -0.497 e. The van der Waals surface area contributed by atoms with Crippen LogP contribution in [-0.2, 0) is 0 Å². The Labute approximate surface area is 154 Å². The van der Waals surface area contributed by atoms with Crippen LogP contribution in [0.3, 0.4) is 0 Å². The number of hydrogen-bond donors (Lipinski definition) is 0. The summed E-state index contributed by atoms with van der Waals surface area (Å²) in [7, 11) is 1.69. The van der Waals surface area contributed by atoms with Crippen LogP contribution in [0.5, 0.6) is 11.6 Å². The molecule has 0 saturated carbocycles. The highest BCUT2D eigenvalue weighted by Gasteiger charge is 2.39. The molecule has 3 aromatic rings. The van der Waals surface area contributed by atoms with E-state index in [1.165, 1.54) is 11.1 Å². The van der Waals surface area contributed by atoms with E-state index in [4.69, 9.17) is 14.6 Å². The smallest absolute Gasteiger partial charge is 0.221 e. The van der Waals surface area contributed by atoms with E-state index < -0.39 is 0 Å². The van der Waals surface area contributed by atoms with Gasteiger partial charge in [0.1, 0.15) is 11.4 Å². The second-order valence-corrected chi connectivity index (χ2v) is 7.44. The molecule has 0 saturated heterocycles. The third-order valence-corrected chi connectivity index (χ3v) is 5.00. The summed E-state index contributed by atoms with van der Waals surface area (Å²) in [6, 6.07) is 18.5. The SMILES string of the molecule is COc1ccc(C2CC(C)(C)Oc3c2c(C)nn3-c2ccccc2)cc1. The topological polar surface area (TPSA) is 36.3 Å². The Hall–Kier alpha value is -2.75. The van der Waals surface area contributed by atoms with Crippen LogP contribution in [-0.4, -0.2) is 22.5 Å². The van der Waals surface area contributed by atoms with Crippen molar-refractivity contribution >= 4 is 0 Å². The highest BCUT2D eigenvalue weighted by atomic mass is 16.5. The Morgan fingerprint density at radius 1 is 1.08 bits per heavy atom. The number of methoxy groups -OCH3 is 1. The van der Waals surface area contributed by atoms with Crippen LogP contribution in [0.2, 0.25) is 0 Å². The maximum atomic E-state index is 6.40. The molecule has 1 aromatic heterocycles. The Bertz CT molecular complexity index is 911. The van der Waals surface area contributed by atoms with Gasteiger partial charge in [0.2, 0.25) is 5.88 Å². The van der Waals surface area contributed by atoms with Crippen LogP contribution in [0.25, 0.3) is 5.69 Å². The van der Waals surface area contributed by atoms with Crippen LogP contribution in [0.4, 0.5) is 0 Å². The van der Waals surface area contributed by atoms with Gasteiger partial charge in [-0.2, -0.15) is 5.10 Å². The zero-order valence-corrected chi connectivity index (χ0v) is 15.7. The lowest BCUT2D eigenvalue weighted by molar-refractivity contribution is 0.0687. The number of aryl methyl sites for hydroxylation is 1. The van der Waals surface area contributed by atoms with Crippen molar-refractivity contribution in [2.45, 2.75) is 38.7 Å². The number of aromatic nitrogens is 2. The third-order valence-electron chi connectivity index (χ3n) is 5.00. The van der Waals surface area contributed by atoms with Gasteiger partial charge >= 0.3 is 0 Å². The average molecular weight is 348 g/mol. The lowest BCUT2D eigenvalue weighted by Crippen LogP contribution is -2.35. The molecule has 4 rings (SSSR count). The fourth-order valence-corrected chi connectivity index (χ4v) is 3.78. The molecular weight excluding hydrogens is 324 g/mol. The zero-order valence-electron chi connectivity index (χ0n) is 15.7. The second kappa shape index (κ2) is 6.20. The van der Waals surface area contributed by atoms with Crippen LogP contribution >= 0.6 is 0 Å². The lowest BCUT2D eigenvalue weighted by atomic mass is 9.81. The Balaban J connectivity index is 1.85. The van der Waals surface area contributed by atoms with Crippen molar-refractivity contribution in [2.24, 2.45) is 0 Å². The minimum atomic E-state index is -0.267. The maximum Gasteiger partial charge on any atom is 0.221 e. The van der Waals surface area contributed by atoms with Crippen LogP contribution in [0.1, 0.15) is 43.0 Å². The highest BCUT2D eigenvalue weighted by molar-refractivity contribution is 5.49. The summed E-state index contributed by atoms with van der Waals surface area (Å²) in [6.45, 7) is 6.35. The van der Waals surface area contributed by atoms with Gasteiger partial charge in [0, 0.05) is 11.5 Å². The van der Waals surface area contributed by atoms with Crippen LogP contribution in [0.15, 0.2) is 54.6 Å². The van der Waals surface area contributed by atoms with Crippen molar-refractivity contribution in [3.63, 3.8) is 0 Å². The summed E-state index contributed by atoms with van der Waals surface area (Å²) in [5, 5.41) is 4.80. The molecule has 0 amide bonds. The molecule has 1 atom stereocenters. The molecule has 2 aromatic carbocycles. The van der Waals surface area contributed by atoms with Gasteiger partial charge in [-0.3, -0.25) is 0 Å². The van der Waals surface area contributed by atoms with Gasteiger partial charge in [-0.05, 0) is 57.0 Å². The fraction of sp³-hybridized carbons (Fsp3) is 0.318. The number of fused-ring (bicyclic) bond motifs is 1. The molecule has 0 aliphatic carbocycles. The van der Waals surface area contributed by atoms with Crippen molar-refractivity contribution in [1.29, 1.82) is 0 Å². The number of rotatable bonds is 3. The van der Waals surface area contributed by atoms with Gasteiger partial charge in [0.05, 0.1) is 18.5 Å². The molecule has 1 aliphatic heterocycles. The summed E-state index contributed by atoms with van der Waals surface area (Å²) in [5.74, 6) is 1.97. The number of nitrogens with zero attached hydrogens (tertiary/aromatic N) is 2. The minimum absolute atomic E-state index is 0.247. The van der Waals surface area contributed by atoms with E-state index in [0.29, 0.717) is 0 Å². The van der Waals surface area contributed by atoms with E-state index in [1.54, 1.807) is 7.11 Å². The highest BCUT2D eigenvalue weighted by Crippen LogP contribution is 2.46. The molecule has 1 unspecified atom stereocenters. The summed E-state index contributed by atoms with van der Waals surface area (Å²) in [4.78, 5) is 0. The van der Waals surface area contributed by atoms with Gasteiger partial charge in [0.25, 0.3) is 0 Å². The molecular formula is C22H24N2O2. The van der Waals surface area contributed by atoms with E-state index in [0.717, 1.165) is 29.4 Å². The first-order valence-corrected chi connectivity index (χ1v) is 8.96. The van der Waals surface area contributed by atoms with Crippen LogP contribution < -0.4 is 9.47 Å². The molecule has 0 radical (unpaired) electrons. The molecule has 2 heterocycles. The Kier molecular flexibility index (Phi) is 3.98. The van der Waals surface area contributed by atoms with Gasteiger partial charge in [-0.15, -0.1) is 0 Å². The first kappa shape index (κ1) is 16.7. The van der Waals surface area contributed by atoms with Crippen molar-refractivity contribution in [1.82, 2.24) is 9.78 Å². The molecule has 4 nitrogen and oxygen atoms in total. The molecule has 0 fully saturated rings. The van der Waals surface area contributed by atoms with Gasteiger partial charge in [0.15, 0.2) is 0 Å². The Morgan fingerprint density at radius 2 is 1.77 bits per heavy atom. The number of para-hydroxylation sites is 1. The quantitative estimate of drug-likeness (QED) is 0.677. The van der Waals surface area contributed by atoms with E-state index in [9.17, 15) is 0 Å². The van der Waals surface area contributed by atoms with Gasteiger partial charge < -0.3 is 9.47 Å². The van der Waals surface area contributed by atoms with Crippen molar-refractivity contribution < 1.29 is 9.47 Å². The van der Waals surface area contributed by atoms with Crippen LogP contribution in [0, 0.1) is 6.92 Å². The molecule has 0 N–H and O–H groups in total.